The second-order valence-corrected chi connectivity index (χ2v) is 6.02. The van der Waals surface area contributed by atoms with Gasteiger partial charge in [-0.2, -0.15) is 0 Å². The van der Waals surface area contributed by atoms with Crippen LogP contribution in [0.5, 0.6) is 0 Å². The van der Waals surface area contributed by atoms with Crippen LogP contribution in [-0.2, 0) is 19.1 Å². The molecule has 0 aliphatic heterocycles. The van der Waals surface area contributed by atoms with Crippen molar-refractivity contribution < 1.29 is 19.1 Å². The molecule has 0 saturated heterocycles. The molecule has 134 valence electrons. The second-order valence-electron chi connectivity index (χ2n) is 6.02. The summed E-state index contributed by atoms with van der Waals surface area (Å²) in [4.78, 5) is 24.5. The number of ether oxygens (including phenoxy) is 2. The lowest BCUT2D eigenvalue weighted by Gasteiger charge is -2.21. The number of carbonyl (C=O) groups excluding carboxylic acids is 2. The second kappa shape index (κ2) is 12.6. The highest BCUT2D eigenvalue weighted by Crippen LogP contribution is 2.27. The Balaban J connectivity index is 2.41. The molecule has 0 spiro atoms. The van der Waals surface area contributed by atoms with Crippen LogP contribution >= 0.6 is 0 Å². The zero-order valence-corrected chi connectivity index (χ0v) is 14.6. The first kappa shape index (κ1) is 20.2. The van der Waals surface area contributed by atoms with Crippen LogP contribution in [-0.4, -0.2) is 25.2 Å². The van der Waals surface area contributed by atoms with E-state index in [1.165, 1.54) is 0 Å². The lowest BCUT2D eigenvalue weighted by Crippen LogP contribution is -2.27. The third kappa shape index (κ3) is 7.62. The molecule has 1 atom stereocenters. The molecule has 0 aromatic rings. The average Bonchev–Trinajstić information content (AvgIpc) is 2.61. The van der Waals surface area contributed by atoms with Crippen LogP contribution in [0.25, 0.3) is 0 Å². The van der Waals surface area contributed by atoms with E-state index in [1.807, 2.05) is 18.2 Å². The van der Waals surface area contributed by atoms with E-state index in [0.717, 1.165) is 51.4 Å². The minimum Gasteiger partial charge on any atom is -0.465 e. The fraction of sp³-hybridized carbons (Fsp3) is 0.600. The van der Waals surface area contributed by atoms with Crippen LogP contribution in [0, 0.1) is 5.92 Å². The molecule has 4 nitrogen and oxygen atoms in total. The topological polar surface area (TPSA) is 52.6 Å². The van der Waals surface area contributed by atoms with Gasteiger partial charge >= 0.3 is 11.9 Å². The van der Waals surface area contributed by atoms with E-state index in [0.29, 0.717) is 25.2 Å². The summed E-state index contributed by atoms with van der Waals surface area (Å²) >= 11 is 0. The Hall–Kier alpha value is -1.84. The number of carbonyl (C=O) groups is 2. The van der Waals surface area contributed by atoms with E-state index >= 15 is 0 Å². The summed E-state index contributed by atoms with van der Waals surface area (Å²) in [5, 5.41) is 0. The van der Waals surface area contributed by atoms with Crippen LogP contribution in [0.2, 0.25) is 0 Å². The normalized spacial score (nSPS) is 16.8. The molecule has 1 aliphatic rings. The van der Waals surface area contributed by atoms with Crippen LogP contribution in [0.15, 0.2) is 37.0 Å². The van der Waals surface area contributed by atoms with E-state index in [2.05, 4.69) is 13.2 Å². The van der Waals surface area contributed by atoms with E-state index in [-0.39, 0.29) is 11.9 Å². The summed E-state index contributed by atoms with van der Waals surface area (Å²) in [6, 6.07) is 0. The van der Waals surface area contributed by atoms with Crippen molar-refractivity contribution in [2.45, 2.75) is 57.8 Å². The van der Waals surface area contributed by atoms with Crippen molar-refractivity contribution in [3.8, 4) is 0 Å². The summed E-state index contributed by atoms with van der Waals surface area (Å²) in [6.45, 7) is 8.11. The van der Waals surface area contributed by atoms with Gasteiger partial charge in [-0.15, -0.1) is 13.2 Å². The van der Waals surface area contributed by atoms with Crippen molar-refractivity contribution in [1.29, 1.82) is 0 Å². The number of allylic oxidation sites excluding steroid dienone is 3. The average molecular weight is 334 g/mol. The molecule has 1 aliphatic carbocycles. The number of hydrogen-bond acceptors (Lipinski definition) is 4. The maximum atomic E-state index is 12.3. The van der Waals surface area contributed by atoms with Gasteiger partial charge in [-0.25, -0.2) is 4.79 Å². The van der Waals surface area contributed by atoms with Gasteiger partial charge in [0.25, 0.3) is 0 Å². The minimum atomic E-state index is -0.473. The predicted octanol–water partition coefficient (Wildman–Crippen LogP) is 4.51. The Bertz CT molecular complexity index is 451. The Kier molecular flexibility index (Phi) is 10.6. The van der Waals surface area contributed by atoms with E-state index in [4.69, 9.17) is 9.47 Å². The van der Waals surface area contributed by atoms with Gasteiger partial charge in [-0.05, 0) is 57.8 Å². The van der Waals surface area contributed by atoms with Crippen LogP contribution in [0.1, 0.15) is 57.8 Å². The molecular formula is C20H30O4. The third-order valence-electron chi connectivity index (χ3n) is 4.04. The molecule has 0 bridgehead atoms. The molecule has 0 aromatic carbocycles. The summed E-state index contributed by atoms with van der Waals surface area (Å²) in [6.07, 6.45) is 13.3. The number of esters is 2. The standard InChI is InChI=1S/C20H30O4/c1-3-5-7-11-15-23-19(21)17-13-9-10-14-18(17)20(22)24-16-12-8-6-4-2/h3-4,13,18H,1-2,5-12,14-16H2. The zero-order valence-electron chi connectivity index (χ0n) is 14.6. The van der Waals surface area contributed by atoms with Gasteiger partial charge in [0, 0.05) is 5.57 Å². The molecule has 0 radical (unpaired) electrons. The first-order chi connectivity index (χ1) is 11.7. The van der Waals surface area contributed by atoms with Crippen molar-refractivity contribution in [2.75, 3.05) is 13.2 Å². The molecule has 0 fully saturated rings. The lowest BCUT2D eigenvalue weighted by atomic mass is 9.87. The zero-order chi connectivity index (χ0) is 17.6. The van der Waals surface area contributed by atoms with Gasteiger partial charge in [0.1, 0.15) is 0 Å². The maximum absolute atomic E-state index is 12.3. The number of rotatable bonds is 12. The van der Waals surface area contributed by atoms with Gasteiger partial charge in [0.15, 0.2) is 0 Å². The molecule has 1 rings (SSSR count). The van der Waals surface area contributed by atoms with E-state index < -0.39 is 5.92 Å². The fourth-order valence-corrected chi connectivity index (χ4v) is 2.65. The molecule has 0 N–H and O–H groups in total. The molecule has 24 heavy (non-hydrogen) atoms. The maximum Gasteiger partial charge on any atom is 0.334 e. The molecule has 0 aromatic heterocycles. The van der Waals surface area contributed by atoms with E-state index in [9.17, 15) is 9.59 Å². The van der Waals surface area contributed by atoms with Crippen molar-refractivity contribution in [2.24, 2.45) is 5.92 Å². The van der Waals surface area contributed by atoms with Crippen molar-refractivity contribution in [1.82, 2.24) is 0 Å². The van der Waals surface area contributed by atoms with Gasteiger partial charge < -0.3 is 9.47 Å². The van der Waals surface area contributed by atoms with Gasteiger partial charge in [0.05, 0.1) is 19.1 Å². The summed E-state index contributed by atoms with van der Waals surface area (Å²) in [5.41, 5.74) is 0.473. The molecule has 0 heterocycles. The first-order valence-corrected chi connectivity index (χ1v) is 8.96. The SMILES string of the molecule is C=CCCCCOC(=O)C1=CCCCC1C(=O)OCCCCC=C. The van der Waals surface area contributed by atoms with Crippen LogP contribution in [0.4, 0.5) is 0 Å². The molecule has 4 heteroatoms. The summed E-state index contributed by atoms with van der Waals surface area (Å²) in [5.74, 6) is -1.15. The Morgan fingerprint density at radius 2 is 1.67 bits per heavy atom. The quantitative estimate of drug-likeness (QED) is 0.299. The predicted molar refractivity (Wildman–Crippen MR) is 95.4 cm³/mol. The largest absolute Gasteiger partial charge is 0.465 e. The third-order valence-corrected chi connectivity index (χ3v) is 4.04. The van der Waals surface area contributed by atoms with Gasteiger partial charge in [0.2, 0.25) is 0 Å². The number of hydrogen-bond donors (Lipinski definition) is 0. The highest BCUT2D eigenvalue weighted by molar-refractivity contribution is 5.95. The smallest absolute Gasteiger partial charge is 0.334 e. The monoisotopic (exact) mass is 334 g/mol. The minimum absolute atomic E-state index is 0.303. The van der Waals surface area contributed by atoms with Gasteiger partial charge in [-0.3, -0.25) is 4.79 Å². The van der Waals surface area contributed by atoms with Gasteiger partial charge in [-0.1, -0.05) is 18.2 Å². The first-order valence-electron chi connectivity index (χ1n) is 8.96. The summed E-state index contributed by atoms with van der Waals surface area (Å²) in [7, 11) is 0. The van der Waals surface area contributed by atoms with E-state index in [1.54, 1.807) is 0 Å². The van der Waals surface area contributed by atoms with Crippen LogP contribution in [0.3, 0.4) is 0 Å². The number of unbranched alkanes of at least 4 members (excludes halogenated alkanes) is 4. The molecule has 0 saturated carbocycles. The fourth-order valence-electron chi connectivity index (χ4n) is 2.65. The molecule has 0 amide bonds. The van der Waals surface area contributed by atoms with Crippen LogP contribution < -0.4 is 0 Å². The highest BCUT2D eigenvalue weighted by atomic mass is 16.5. The Morgan fingerprint density at radius 3 is 2.29 bits per heavy atom. The van der Waals surface area contributed by atoms with Crippen molar-refractivity contribution >= 4 is 11.9 Å². The Morgan fingerprint density at radius 1 is 1.04 bits per heavy atom. The van der Waals surface area contributed by atoms with Crippen molar-refractivity contribution in [3.63, 3.8) is 0 Å². The lowest BCUT2D eigenvalue weighted by molar-refractivity contribution is -0.151. The molecular weight excluding hydrogens is 304 g/mol. The summed E-state index contributed by atoms with van der Waals surface area (Å²) < 4.78 is 10.6. The van der Waals surface area contributed by atoms with Crippen molar-refractivity contribution in [3.05, 3.63) is 37.0 Å². The molecule has 1 unspecified atom stereocenters. The highest BCUT2D eigenvalue weighted by Gasteiger charge is 2.31. The Labute approximate surface area is 145 Å².